The van der Waals surface area contributed by atoms with Crippen LogP contribution in [0.5, 0.6) is 0 Å². The average Bonchev–Trinajstić information content (AvgIpc) is 2.66. The van der Waals surface area contributed by atoms with Crippen LogP contribution in [0.1, 0.15) is 28.4 Å². The van der Waals surface area contributed by atoms with Gasteiger partial charge in [0.2, 0.25) is 0 Å². The third-order valence-corrected chi connectivity index (χ3v) is 4.43. The highest BCUT2D eigenvalue weighted by atomic mass is 19.1. The summed E-state index contributed by atoms with van der Waals surface area (Å²) < 4.78 is 19.8. The molecule has 1 amide bonds. The molecule has 5 nitrogen and oxygen atoms in total. The number of carbonyl (C=O) groups is 1. The minimum absolute atomic E-state index is 0.284. The molecule has 1 heterocycles. The van der Waals surface area contributed by atoms with Crippen molar-refractivity contribution >= 4 is 17.3 Å². The zero-order valence-electron chi connectivity index (χ0n) is 15.0. The van der Waals surface area contributed by atoms with E-state index in [9.17, 15) is 9.18 Å². The molecule has 3 rings (SSSR count). The van der Waals surface area contributed by atoms with Crippen LogP contribution in [-0.4, -0.2) is 37.9 Å². The van der Waals surface area contributed by atoms with Gasteiger partial charge < -0.3 is 9.64 Å². The van der Waals surface area contributed by atoms with E-state index in [0.29, 0.717) is 48.8 Å². The predicted octanol–water partition coefficient (Wildman–Crippen LogP) is 3.12. The largest absolute Gasteiger partial charge is 0.378 e. The number of anilines is 1. The fourth-order valence-electron chi connectivity index (χ4n) is 2.88. The number of nitrogens with zero attached hydrogens (tertiary/aromatic N) is 2. The van der Waals surface area contributed by atoms with Crippen molar-refractivity contribution < 1.29 is 13.9 Å². The number of benzene rings is 2. The number of carbonyl (C=O) groups excluding carboxylic acids is 1. The first kappa shape index (κ1) is 18.1. The molecule has 0 aromatic heterocycles. The number of hydrazone groups is 1. The molecule has 0 radical (unpaired) electrons. The number of morpholine rings is 1. The van der Waals surface area contributed by atoms with Crippen LogP contribution in [0.2, 0.25) is 0 Å². The summed E-state index contributed by atoms with van der Waals surface area (Å²) in [6, 6.07) is 12.3. The molecule has 1 fully saturated rings. The number of halogens is 1. The van der Waals surface area contributed by atoms with E-state index in [2.05, 4.69) is 10.5 Å². The molecule has 6 heteroatoms. The van der Waals surface area contributed by atoms with Gasteiger partial charge in [0.05, 0.1) is 24.6 Å². The molecule has 2 aromatic rings. The maximum atomic E-state index is 14.5. The highest BCUT2D eigenvalue weighted by Crippen LogP contribution is 2.22. The van der Waals surface area contributed by atoms with Crippen LogP contribution in [-0.2, 0) is 4.74 Å². The Labute approximate surface area is 152 Å². The molecule has 1 aliphatic heterocycles. The lowest BCUT2D eigenvalue weighted by Gasteiger charge is -2.29. The summed E-state index contributed by atoms with van der Waals surface area (Å²) >= 11 is 0. The van der Waals surface area contributed by atoms with Crippen molar-refractivity contribution in [3.8, 4) is 0 Å². The second kappa shape index (κ2) is 8.10. The van der Waals surface area contributed by atoms with Gasteiger partial charge in [0.25, 0.3) is 5.91 Å². The molecule has 136 valence electrons. The van der Waals surface area contributed by atoms with Gasteiger partial charge >= 0.3 is 0 Å². The molecule has 0 saturated carbocycles. The van der Waals surface area contributed by atoms with Crippen LogP contribution in [0.4, 0.5) is 10.1 Å². The number of ether oxygens (including phenoxy) is 1. The Kier molecular flexibility index (Phi) is 5.63. The van der Waals surface area contributed by atoms with Gasteiger partial charge in [-0.3, -0.25) is 4.79 Å². The van der Waals surface area contributed by atoms with Gasteiger partial charge in [0.15, 0.2) is 0 Å². The molecule has 0 unspecified atom stereocenters. The van der Waals surface area contributed by atoms with E-state index < -0.39 is 0 Å². The number of aryl methyl sites for hydroxylation is 1. The first-order chi connectivity index (χ1) is 12.6. The summed E-state index contributed by atoms with van der Waals surface area (Å²) in [5.74, 6) is -0.586. The summed E-state index contributed by atoms with van der Waals surface area (Å²) in [7, 11) is 0. The van der Waals surface area contributed by atoms with E-state index in [1.54, 1.807) is 25.1 Å². The maximum absolute atomic E-state index is 14.5. The van der Waals surface area contributed by atoms with Crippen molar-refractivity contribution in [1.29, 1.82) is 0 Å². The van der Waals surface area contributed by atoms with Gasteiger partial charge in [-0.1, -0.05) is 24.3 Å². The lowest BCUT2D eigenvalue weighted by molar-refractivity contribution is 0.0954. The van der Waals surface area contributed by atoms with E-state index in [-0.39, 0.29) is 11.7 Å². The highest BCUT2D eigenvalue weighted by Gasteiger charge is 2.16. The van der Waals surface area contributed by atoms with Gasteiger partial charge in [-0.05, 0) is 37.6 Å². The van der Waals surface area contributed by atoms with Crippen LogP contribution < -0.4 is 10.3 Å². The zero-order chi connectivity index (χ0) is 18.5. The van der Waals surface area contributed by atoms with E-state index in [1.807, 2.05) is 30.0 Å². The lowest BCUT2D eigenvalue weighted by Crippen LogP contribution is -2.36. The minimum atomic E-state index is -0.302. The van der Waals surface area contributed by atoms with E-state index in [4.69, 9.17) is 4.74 Å². The Morgan fingerprint density at radius 2 is 1.92 bits per heavy atom. The monoisotopic (exact) mass is 355 g/mol. The van der Waals surface area contributed by atoms with Gasteiger partial charge in [-0.15, -0.1) is 0 Å². The van der Waals surface area contributed by atoms with Gasteiger partial charge in [-0.2, -0.15) is 5.10 Å². The third-order valence-electron chi connectivity index (χ3n) is 4.43. The number of amides is 1. The fraction of sp³-hybridized carbons (Fsp3) is 0.300. The standard InChI is InChI=1S/C20H22FN3O2/c1-14-5-3-4-6-17(14)20(25)23-22-15(2)16-7-8-19(18(21)13-16)24-9-11-26-12-10-24/h3-8,13H,9-12H2,1-2H3,(H,23,25)/b22-15-. The van der Waals surface area contributed by atoms with Crippen molar-refractivity contribution in [2.75, 3.05) is 31.2 Å². The van der Waals surface area contributed by atoms with E-state index in [1.165, 1.54) is 6.07 Å². The quantitative estimate of drug-likeness (QED) is 0.677. The van der Waals surface area contributed by atoms with Gasteiger partial charge in [0.1, 0.15) is 5.82 Å². The number of hydrogen-bond acceptors (Lipinski definition) is 4. The fourth-order valence-corrected chi connectivity index (χ4v) is 2.88. The molecular formula is C20H22FN3O2. The Hall–Kier alpha value is -2.73. The SMILES string of the molecule is C/C(=N/NC(=O)c1ccccc1C)c1ccc(N2CCOCC2)c(F)c1. The molecule has 0 bridgehead atoms. The summed E-state index contributed by atoms with van der Waals surface area (Å²) in [4.78, 5) is 14.2. The second-order valence-corrected chi connectivity index (χ2v) is 6.22. The zero-order valence-corrected chi connectivity index (χ0v) is 15.0. The third kappa shape index (κ3) is 4.08. The smallest absolute Gasteiger partial charge is 0.271 e. The average molecular weight is 355 g/mol. The number of nitrogens with one attached hydrogen (secondary N) is 1. The van der Waals surface area contributed by atoms with Crippen LogP contribution >= 0.6 is 0 Å². The molecule has 0 aliphatic carbocycles. The van der Waals surface area contributed by atoms with Crippen molar-refractivity contribution in [1.82, 2.24) is 5.43 Å². The molecular weight excluding hydrogens is 333 g/mol. The molecule has 1 saturated heterocycles. The van der Waals surface area contributed by atoms with Crippen LogP contribution in [0.25, 0.3) is 0 Å². The van der Waals surface area contributed by atoms with E-state index >= 15 is 0 Å². The normalized spacial score (nSPS) is 15.0. The molecule has 26 heavy (non-hydrogen) atoms. The Morgan fingerprint density at radius 3 is 2.62 bits per heavy atom. The number of hydrogen-bond donors (Lipinski definition) is 1. The van der Waals surface area contributed by atoms with Crippen molar-refractivity contribution in [3.63, 3.8) is 0 Å². The molecule has 1 N–H and O–H groups in total. The van der Waals surface area contributed by atoms with Crippen molar-refractivity contribution in [2.45, 2.75) is 13.8 Å². The molecule has 1 aliphatic rings. The summed E-state index contributed by atoms with van der Waals surface area (Å²) in [6.45, 7) is 6.16. The molecule has 0 atom stereocenters. The van der Waals surface area contributed by atoms with Crippen LogP contribution in [0.15, 0.2) is 47.6 Å². The lowest BCUT2D eigenvalue weighted by atomic mass is 10.1. The molecule has 0 spiro atoms. The van der Waals surface area contributed by atoms with Crippen LogP contribution in [0, 0.1) is 12.7 Å². The summed E-state index contributed by atoms with van der Waals surface area (Å²) in [5, 5.41) is 4.11. The first-order valence-corrected chi connectivity index (χ1v) is 8.59. The van der Waals surface area contributed by atoms with Gasteiger partial charge in [-0.25, -0.2) is 9.82 Å². The minimum Gasteiger partial charge on any atom is -0.378 e. The Bertz CT molecular complexity index is 830. The summed E-state index contributed by atoms with van der Waals surface area (Å²) in [6.07, 6.45) is 0. The predicted molar refractivity (Wildman–Crippen MR) is 100 cm³/mol. The van der Waals surface area contributed by atoms with Crippen molar-refractivity contribution in [3.05, 3.63) is 65.0 Å². The Balaban J connectivity index is 1.72. The van der Waals surface area contributed by atoms with Gasteiger partial charge in [0, 0.05) is 24.2 Å². The highest BCUT2D eigenvalue weighted by molar-refractivity contribution is 6.01. The van der Waals surface area contributed by atoms with Crippen LogP contribution in [0.3, 0.4) is 0 Å². The van der Waals surface area contributed by atoms with E-state index in [0.717, 1.165) is 5.56 Å². The summed E-state index contributed by atoms with van der Waals surface area (Å²) in [5.41, 5.74) is 5.71. The first-order valence-electron chi connectivity index (χ1n) is 8.59. The second-order valence-electron chi connectivity index (χ2n) is 6.22. The Morgan fingerprint density at radius 1 is 1.19 bits per heavy atom. The molecule has 2 aromatic carbocycles. The van der Waals surface area contributed by atoms with Crippen molar-refractivity contribution in [2.24, 2.45) is 5.10 Å². The maximum Gasteiger partial charge on any atom is 0.271 e. The number of rotatable bonds is 4. The topological polar surface area (TPSA) is 53.9 Å².